The summed E-state index contributed by atoms with van der Waals surface area (Å²) in [6, 6.07) is 0. The van der Waals surface area contributed by atoms with Gasteiger partial charge in [0.05, 0.1) is 138 Å². The summed E-state index contributed by atoms with van der Waals surface area (Å²) in [6.07, 6.45) is 11.2. The van der Waals surface area contributed by atoms with Crippen molar-refractivity contribution in [3.05, 3.63) is 0 Å². The molecule has 0 saturated heterocycles. The zero-order chi connectivity index (χ0) is 89.9. The number of hydrogen-bond donors (Lipinski definition) is 31. The lowest BCUT2D eigenvalue weighted by Crippen LogP contribution is -2.40. The number of aliphatic hydroxyl groups is 31. The first kappa shape index (κ1) is 137. The van der Waals surface area contributed by atoms with E-state index < -0.39 is 116 Å². The molecule has 31 N–H and O–H groups in total. The summed E-state index contributed by atoms with van der Waals surface area (Å²) in [5.41, 5.74) is -1.24. The van der Waals surface area contributed by atoms with E-state index in [-0.39, 0.29) is 110 Å². The Hall–Kier alpha value is -1.28. The molecule has 20 atom stereocenters. The van der Waals surface area contributed by atoms with Crippen LogP contribution in [0.2, 0.25) is 0 Å². The highest BCUT2D eigenvalue weighted by molar-refractivity contribution is 4.80. The first-order valence-electron chi connectivity index (χ1n) is 41.5. The molecule has 0 aromatic rings. The van der Waals surface area contributed by atoms with Crippen LogP contribution in [0, 0.1) is 17.8 Å². The zero-order valence-corrected chi connectivity index (χ0v) is 72.4. The van der Waals surface area contributed by atoms with Crippen LogP contribution in [-0.4, -0.2) is 367 Å². The van der Waals surface area contributed by atoms with Crippen molar-refractivity contribution in [3.63, 3.8) is 0 Å². The van der Waals surface area contributed by atoms with Gasteiger partial charge in [0.15, 0.2) is 0 Å². The summed E-state index contributed by atoms with van der Waals surface area (Å²) in [5.74, 6) is 0.509. The van der Waals surface area contributed by atoms with Gasteiger partial charge in [-0.05, 0) is 103 Å². The molecule has 0 aliphatic carbocycles. The lowest BCUT2D eigenvalue weighted by molar-refractivity contribution is -0.0918. The van der Waals surface area contributed by atoms with Gasteiger partial charge in [0.2, 0.25) is 0 Å². The maximum absolute atomic E-state index is 9.60. The highest BCUT2D eigenvalue weighted by atomic mass is 16.5. The van der Waals surface area contributed by atoms with Gasteiger partial charge in [-0.3, -0.25) is 0 Å². The Morgan fingerprint density at radius 2 is 0.634 bits per heavy atom. The minimum absolute atomic E-state index is 0.0217. The molecule has 0 radical (unpaired) electrons. The molecule has 696 valence electrons. The Morgan fingerprint density at radius 1 is 0.268 bits per heavy atom. The predicted molar refractivity (Wildman–Crippen MR) is 439 cm³/mol. The second-order valence-corrected chi connectivity index (χ2v) is 28.1. The summed E-state index contributed by atoms with van der Waals surface area (Å²) in [4.78, 5) is 0. The Morgan fingerprint density at radius 3 is 0.920 bits per heavy atom. The first-order valence-corrected chi connectivity index (χ1v) is 41.5. The third kappa shape index (κ3) is 109. The summed E-state index contributed by atoms with van der Waals surface area (Å²) < 4.78 is 4.95. The van der Waals surface area contributed by atoms with Crippen molar-refractivity contribution in [1.82, 2.24) is 0 Å². The van der Waals surface area contributed by atoms with E-state index in [4.69, 9.17) is 153 Å². The summed E-state index contributed by atoms with van der Waals surface area (Å²) in [7, 11) is 1.48. The van der Waals surface area contributed by atoms with Crippen LogP contribution in [-0.2, 0) is 4.74 Å². The van der Waals surface area contributed by atoms with Crippen LogP contribution < -0.4 is 0 Å². The standard InChI is InChI=1S/2C8H18O4.C7H16O4.C7H16O3.3C7H16O2.C6H14O3.3C6H14O2.C5H12O2/c1-3-4-7(12-2)8(11)6(10)5-9;1-2-3-8(12,6-10)4-7(11)5-9;1-2-3-5(9)7(11)6(10)4-8;1-2-3-6(9)4-7(10)5-8;1-3-4-7(5-8)6(2)9;1-2-3-7(6-9)4-5-8;1-2-3-4-5-7(9)6-8;1-2-3-5(8)6(9)4-7;1-3-4-6(8)5(2)7;1-2-3-6(4-7)5-8;1-2-3-4-6(8)5-7;1-2-3-5(7)4-6/h6-11H,3-5H2,1-2H3;7,9-12H,2-6H2,1H3;5-11H,2-4H2,1H3;6-10H,2-5H2,1H3;6-9H,3-5H2,1-2H3;2*7-9H,2-6H2,1H3;5-9H,2-4H2,1H3;5-8H,3-4H2,1-2H3;2*6-8H,2-5H2,1H3;5-7H,2-4H2,1H3. The van der Waals surface area contributed by atoms with Gasteiger partial charge in [0.1, 0.15) is 30.5 Å². The molecule has 0 aliphatic heterocycles. The number of hydrogen-bond acceptors (Lipinski definition) is 32. The van der Waals surface area contributed by atoms with E-state index in [0.717, 1.165) is 135 Å². The van der Waals surface area contributed by atoms with Crippen molar-refractivity contribution in [2.75, 3.05) is 99.6 Å². The average Bonchev–Trinajstić information content (AvgIpc) is 0.880. The van der Waals surface area contributed by atoms with Gasteiger partial charge in [-0.25, -0.2) is 0 Å². The molecular formula is C80H184O32. The lowest BCUT2D eigenvalue weighted by Gasteiger charge is -2.27. The van der Waals surface area contributed by atoms with E-state index >= 15 is 0 Å². The molecule has 0 fully saturated rings. The maximum atomic E-state index is 9.60. The molecule has 20 unspecified atom stereocenters. The third-order valence-corrected chi connectivity index (χ3v) is 16.5. The summed E-state index contributed by atoms with van der Waals surface area (Å²) in [6.45, 7) is 25.3. The van der Waals surface area contributed by atoms with E-state index in [0.29, 0.717) is 50.9 Å². The van der Waals surface area contributed by atoms with Gasteiger partial charge in [-0.2, -0.15) is 0 Å². The molecule has 0 spiro atoms. The van der Waals surface area contributed by atoms with Gasteiger partial charge in [0.25, 0.3) is 0 Å². The highest BCUT2D eigenvalue weighted by Crippen LogP contribution is 2.19. The van der Waals surface area contributed by atoms with Crippen molar-refractivity contribution < 1.29 is 163 Å². The van der Waals surface area contributed by atoms with E-state index in [2.05, 4.69) is 20.8 Å². The monoisotopic (exact) mass is 1660 g/mol. The minimum atomic E-state index is -1.24. The molecule has 0 rings (SSSR count). The Kier molecular flexibility index (Phi) is 132. The van der Waals surface area contributed by atoms with Crippen molar-refractivity contribution >= 4 is 0 Å². The van der Waals surface area contributed by atoms with Gasteiger partial charge in [0, 0.05) is 64.8 Å². The second-order valence-electron chi connectivity index (χ2n) is 28.1. The van der Waals surface area contributed by atoms with E-state index in [1.54, 1.807) is 13.8 Å². The van der Waals surface area contributed by atoms with Crippen LogP contribution in [0.15, 0.2) is 0 Å². The first-order chi connectivity index (χ1) is 52.8. The predicted octanol–water partition coefficient (Wildman–Crippen LogP) is 1.08. The average molecular weight is 1660 g/mol. The SMILES string of the molecule is CCCC(CO)C(C)O.CCCC(CO)CCO.CCCC(CO)CO.CCCC(O)(CO)CC(O)CO.CCCC(O)C(C)O.CCCC(O)C(O)C(O)CO.CCCC(O)C(O)CO.CCCC(O)CC(O)CO.CCCC(O)CO.CCCC(OC)C(O)C(O)CO.CCCCC(O)CO.CCCCCC(O)CO. The van der Waals surface area contributed by atoms with Crippen molar-refractivity contribution in [3.8, 4) is 0 Å². The number of methoxy groups -OCH3 is 1. The van der Waals surface area contributed by atoms with Crippen molar-refractivity contribution in [1.29, 1.82) is 0 Å². The smallest absolute Gasteiger partial charge is 0.108 e. The van der Waals surface area contributed by atoms with E-state index in [1.807, 2.05) is 62.3 Å². The lowest BCUT2D eigenvalue weighted by atomic mass is 9.92. The summed E-state index contributed by atoms with van der Waals surface area (Å²) >= 11 is 0. The highest BCUT2D eigenvalue weighted by Gasteiger charge is 2.28. The van der Waals surface area contributed by atoms with Crippen LogP contribution in [0.1, 0.15) is 290 Å². The second kappa shape index (κ2) is 108. The zero-order valence-electron chi connectivity index (χ0n) is 72.4. The third-order valence-electron chi connectivity index (χ3n) is 16.5. The molecule has 0 amide bonds. The molecule has 0 saturated carbocycles. The molecule has 32 heteroatoms. The van der Waals surface area contributed by atoms with Crippen LogP contribution in [0.25, 0.3) is 0 Å². The van der Waals surface area contributed by atoms with Crippen molar-refractivity contribution in [2.24, 2.45) is 17.8 Å². The molecule has 0 bridgehead atoms. The van der Waals surface area contributed by atoms with Gasteiger partial charge < -0.3 is 163 Å². The Balaban J connectivity index is -0.0000000977. The number of unbranched alkanes of at least 4 members (excludes halogenated alkanes) is 3. The number of ether oxygens (including phenoxy) is 1. The number of aliphatic hydroxyl groups excluding tert-OH is 30. The normalized spacial score (nSPS) is 16.3. The number of rotatable bonds is 54. The fourth-order valence-electron chi connectivity index (χ4n) is 9.20. The molecule has 0 aromatic carbocycles. The van der Waals surface area contributed by atoms with Crippen molar-refractivity contribution in [2.45, 2.75) is 399 Å². The molecule has 0 heterocycles. The van der Waals surface area contributed by atoms with Crippen LogP contribution in [0.4, 0.5) is 0 Å². The maximum Gasteiger partial charge on any atom is 0.108 e. The molecule has 112 heavy (non-hydrogen) atoms. The largest absolute Gasteiger partial charge is 0.396 e. The topological polar surface area (TPSA) is 636 Å². The van der Waals surface area contributed by atoms with Crippen LogP contribution >= 0.6 is 0 Å². The molecule has 32 nitrogen and oxygen atoms in total. The van der Waals surface area contributed by atoms with Crippen LogP contribution in [0.3, 0.4) is 0 Å². The summed E-state index contributed by atoms with van der Waals surface area (Å²) in [5, 5.41) is 271. The van der Waals surface area contributed by atoms with Gasteiger partial charge in [-0.15, -0.1) is 0 Å². The fourth-order valence-corrected chi connectivity index (χ4v) is 9.20. The minimum Gasteiger partial charge on any atom is -0.396 e. The fraction of sp³-hybridized carbons (Fsp3) is 1.00. The Bertz CT molecular complexity index is 1580. The van der Waals surface area contributed by atoms with E-state index in [9.17, 15) is 10.2 Å². The van der Waals surface area contributed by atoms with Gasteiger partial charge in [-0.1, -0.05) is 179 Å². The Labute approximate surface area is 676 Å². The molecule has 0 aromatic heterocycles. The molecular weight excluding hydrogens is 1470 g/mol. The quantitative estimate of drug-likeness (QED) is 0.0379. The van der Waals surface area contributed by atoms with Crippen LogP contribution in [0.5, 0.6) is 0 Å². The van der Waals surface area contributed by atoms with Gasteiger partial charge >= 0.3 is 0 Å². The van der Waals surface area contributed by atoms with E-state index in [1.165, 1.54) is 7.11 Å². The molecule has 0 aliphatic rings.